The smallest absolute Gasteiger partial charge is 0.237 e. The van der Waals surface area contributed by atoms with E-state index in [-0.39, 0.29) is 18.0 Å². The second-order valence-electron chi connectivity index (χ2n) is 4.63. The Morgan fingerprint density at radius 1 is 1.14 bits per heavy atom. The van der Waals surface area contributed by atoms with Gasteiger partial charge in [-0.1, -0.05) is 18.2 Å². The summed E-state index contributed by atoms with van der Waals surface area (Å²) in [5.74, 6) is 1.33. The van der Waals surface area contributed by atoms with Crippen molar-refractivity contribution in [3.8, 4) is 11.5 Å². The number of nitrogens with one attached hydrogen (secondary N) is 1. The third-order valence-electron chi connectivity index (χ3n) is 3.07. The van der Waals surface area contributed by atoms with Crippen LogP contribution in [0.15, 0.2) is 53.4 Å². The monoisotopic (exact) mass is 301 g/mol. The Bertz CT molecular complexity index is 645. The molecule has 108 valence electrons. The van der Waals surface area contributed by atoms with E-state index in [0.29, 0.717) is 17.2 Å². The molecule has 5 heteroatoms. The molecule has 0 unspecified atom stereocenters. The van der Waals surface area contributed by atoms with E-state index in [1.165, 1.54) is 11.8 Å². The molecule has 1 aliphatic rings. The molecule has 0 saturated heterocycles. The van der Waals surface area contributed by atoms with Crippen molar-refractivity contribution in [2.75, 3.05) is 12.1 Å². The highest BCUT2D eigenvalue weighted by molar-refractivity contribution is 8.00. The molecule has 4 nitrogen and oxygen atoms in total. The molecule has 0 saturated carbocycles. The van der Waals surface area contributed by atoms with Crippen LogP contribution < -0.4 is 14.8 Å². The zero-order valence-electron chi connectivity index (χ0n) is 11.5. The van der Waals surface area contributed by atoms with Crippen molar-refractivity contribution < 1.29 is 14.3 Å². The minimum absolute atomic E-state index is 0.0391. The van der Waals surface area contributed by atoms with Crippen molar-refractivity contribution in [2.45, 2.75) is 17.1 Å². The largest absolute Gasteiger partial charge is 0.454 e. The first kappa shape index (κ1) is 13.8. The summed E-state index contributed by atoms with van der Waals surface area (Å²) in [6.45, 7) is 2.12. The van der Waals surface area contributed by atoms with Crippen LogP contribution in [-0.2, 0) is 4.79 Å². The van der Waals surface area contributed by atoms with Gasteiger partial charge in [0, 0.05) is 16.6 Å². The number of rotatable bonds is 4. The Balaban J connectivity index is 1.63. The van der Waals surface area contributed by atoms with Crippen molar-refractivity contribution in [1.82, 2.24) is 0 Å². The van der Waals surface area contributed by atoms with Gasteiger partial charge in [-0.05, 0) is 31.2 Å². The normalized spacial score (nSPS) is 13.8. The van der Waals surface area contributed by atoms with Crippen molar-refractivity contribution in [1.29, 1.82) is 0 Å². The molecule has 1 atom stereocenters. The maximum absolute atomic E-state index is 12.2. The second kappa shape index (κ2) is 6.10. The topological polar surface area (TPSA) is 47.6 Å². The molecule has 1 heterocycles. The zero-order chi connectivity index (χ0) is 14.7. The van der Waals surface area contributed by atoms with Crippen LogP contribution in [0.4, 0.5) is 5.69 Å². The Labute approximate surface area is 127 Å². The molecule has 3 rings (SSSR count). The van der Waals surface area contributed by atoms with Crippen LogP contribution in [0.3, 0.4) is 0 Å². The molecule has 0 radical (unpaired) electrons. The van der Waals surface area contributed by atoms with Crippen LogP contribution in [0.1, 0.15) is 6.92 Å². The minimum atomic E-state index is -0.183. The predicted molar refractivity (Wildman–Crippen MR) is 83.0 cm³/mol. The molecule has 0 fully saturated rings. The van der Waals surface area contributed by atoms with Gasteiger partial charge < -0.3 is 14.8 Å². The number of fused-ring (bicyclic) bond motifs is 1. The van der Waals surface area contributed by atoms with Crippen LogP contribution in [0, 0.1) is 0 Å². The fraction of sp³-hybridized carbons (Fsp3) is 0.188. The summed E-state index contributed by atoms with van der Waals surface area (Å²) in [5.41, 5.74) is 0.713. The third-order valence-corrected chi connectivity index (χ3v) is 4.18. The number of hydrogen-bond donors (Lipinski definition) is 1. The minimum Gasteiger partial charge on any atom is -0.454 e. The first-order chi connectivity index (χ1) is 10.2. The van der Waals surface area contributed by atoms with Crippen molar-refractivity contribution in [3.63, 3.8) is 0 Å². The average Bonchev–Trinajstić information content (AvgIpc) is 2.95. The second-order valence-corrected chi connectivity index (χ2v) is 6.04. The number of carbonyl (C=O) groups excluding carboxylic acids is 1. The standard InChI is InChI=1S/C16H15NO3S/c1-11(21-13-5-3-2-4-6-13)16(18)17-12-7-8-14-15(9-12)20-10-19-14/h2-9,11H,10H2,1H3,(H,17,18)/t11-/m0/s1. The number of amides is 1. The van der Waals surface area contributed by atoms with E-state index in [1.807, 2.05) is 43.3 Å². The summed E-state index contributed by atoms with van der Waals surface area (Å²) in [4.78, 5) is 13.3. The Morgan fingerprint density at radius 3 is 2.71 bits per heavy atom. The van der Waals surface area contributed by atoms with Crippen LogP contribution in [0.2, 0.25) is 0 Å². The molecular formula is C16H15NO3S. The number of thioether (sulfide) groups is 1. The fourth-order valence-corrected chi connectivity index (χ4v) is 2.86. The molecule has 0 bridgehead atoms. The van der Waals surface area contributed by atoms with Crippen molar-refractivity contribution in [2.24, 2.45) is 0 Å². The van der Waals surface area contributed by atoms with E-state index in [1.54, 1.807) is 12.1 Å². The molecule has 0 aromatic heterocycles. The zero-order valence-corrected chi connectivity index (χ0v) is 12.4. The van der Waals surface area contributed by atoms with Gasteiger partial charge in [-0.2, -0.15) is 0 Å². The van der Waals surface area contributed by atoms with E-state index in [0.717, 1.165) is 4.90 Å². The fourth-order valence-electron chi connectivity index (χ4n) is 1.97. The number of anilines is 1. The van der Waals surface area contributed by atoms with Crippen LogP contribution in [0.5, 0.6) is 11.5 Å². The molecule has 2 aromatic carbocycles. The van der Waals surface area contributed by atoms with E-state index in [2.05, 4.69) is 5.32 Å². The summed E-state index contributed by atoms with van der Waals surface area (Å²) in [7, 11) is 0. The van der Waals surface area contributed by atoms with Gasteiger partial charge in [0.2, 0.25) is 12.7 Å². The van der Waals surface area contributed by atoms with E-state index < -0.39 is 0 Å². The first-order valence-electron chi connectivity index (χ1n) is 6.64. The molecule has 1 amide bonds. The van der Waals surface area contributed by atoms with Gasteiger partial charge in [0.15, 0.2) is 11.5 Å². The lowest BCUT2D eigenvalue weighted by atomic mass is 10.2. The number of hydrogen-bond acceptors (Lipinski definition) is 4. The Morgan fingerprint density at radius 2 is 1.90 bits per heavy atom. The van der Waals surface area contributed by atoms with Gasteiger partial charge in [-0.25, -0.2) is 0 Å². The third kappa shape index (κ3) is 3.31. The van der Waals surface area contributed by atoms with Crippen molar-refractivity contribution in [3.05, 3.63) is 48.5 Å². The molecular weight excluding hydrogens is 286 g/mol. The van der Waals surface area contributed by atoms with Crippen LogP contribution in [-0.4, -0.2) is 18.0 Å². The SMILES string of the molecule is C[C@H](Sc1ccccc1)C(=O)Nc1ccc2c(c1)OCO2. The van der Waals surface area contributed by atoms with Gasteiger partial charge in [0.25, 0.3) is 0 Å². The predicted octanol–water partition coefficient (Wildman–Crippen LogP) is 3.53. The average molecular weight is 301 g/mol. The summed E-state index contributed by atoms with van der Waals surface area (Å²) in [6.07, 6.45) is 0. The first-order valence-corrected chi connectivity index (χ1v) is 7.52. The molecule has 21 heavy (non-hydrogen) atoms. The molecule has 0 aliphatic carbocycles. The van der Waals surface area contributed by atoms with Gasteiger partial charge in [0.05, 0.1) is 5.25 Å². The number of ether oxygens (including phenoxy) is 2. The molecule has 2 aromatic rings. The molecule has 0 spiro atoms. The summed E-state index contributed by atoms with van der Waals surface area (Å²) in [5, 5.41) is 2.71. The quantitative estimate of drug-likeness (QED) is 0.878. The number of carbonyl (C=O) groups is 1. The van der Waals surface area contributed by atoms with E-state index in [4.69, 9.17) is 9.47 Å². The summed E-state index contributed by atoms with van der Waals surface area (Å²) >= 11 is 1.53. The van der Waals surface area contributed by atoms with E-state index >= 15 is 0 Å². The Kier molecular flexibility index (Phi) is 4.01. The highest BCUT2D eigenvalue weighted by Crippen LogP contribution is 2.34. The maximum atomic E-state index is 12.2. The van der Waals surface area contributed by atoms with Gasteiger partial charge >= 0.3 is 0 Å². The Hall–Kier alpha value is -2.14. The summed E-state index contributed by atoms with van der Waals surface area (Å²) in [6, 6.07) is 15.3. The lowest BCUT2D eigenvalue weighted by molar-refractivity contribution is -0.115. The van der Waals surface area contributed by atoms with Crippen LogP contribution >= 0.6 is 11.8 Å². The van der Waals surface area contributed by atoms with E-state index in [9.17, 15) is 4.79 Å². The highest BCUT2D eigenvalue weighted by atomic mass is 32.2. The summed E-state index contributed by atoms with van der Waals surface area (Å²) < 4.78 is 10.5. The molecule has 1 N–H and O–H groups in total. The maximum Gasteiger partial charge on any atom is 0.237 e. The van der Waals surface area contributed by atoms with Gasteiger partial charge in [-0.15, -0.1) is 11.8 Å². The lowest BCUT2D eigenvalue weighted by Crippen LogP contribution is -2.22. The van der Waals surface area contributed by atoms with Gasteiger partial charge in [0.1, 0.15) is 0 Å². The number of benzene rings is 2. The van der Waals surface area contributed by atoms with Crippen LogP contribution in [0.25, 0.3) is 0 Å². The van der Waals surface area contributed by atoms with Gasteiger partial charge in [-0.3, -0.25) is 4.79 Å². The lowest BCUT2D eigenvalue weighted by Gasteiger charge is -2.12. The molecule has 1 aliphatic heterocycles. The van der Waals surface area contributed by atoms with Crippen molar-refractivity contribution >= 4 is 23.4 Å². The highest BCUT2D eigenvalue weighted by Gasteiger charge is 2.17.